The third kappa shape index (κ3) is 10.4. The van der Waals surface area contributed by atoms with E-state index in [-0.39, 0.29) is 25.4 Å². The summed E-state index contributed by atoms with van der Waals surface area (Å²) < 4.78 is 36.6. The second-order valence-corrected chi connectivity index (χ2v) is 3.64. The molecule has 104 valence electrons. The summed E-state index contributed by atoms with van der Waals surface area (Å²) in [5.74, 6) is -0.444. The van der Waals surface area contributed by atoms with Crippen molar-refractivity contribution in [3.8, 4) is 0 Å². The summed E-state index contributed by atoms with van der Waals surface area (Å²) in [6.07, 6.45) is -2.84. The van der Waals surface area contributed by atoms with Crippen molar-refractivity contribution in [3.05, 3.63) is 0 Å². The van der Waals surface area contributed by atoms with Crippen LogP contribution in [0.2, 0.25) is 0 Å². The molecule has 0 saturated heterocycles. The standard InChI is InChI=1S/C10H19F3N2O.ClH/c1-3-4-7-15(8-10(11,12)13)9(16)5-6-14-2;/h14H,3-8H2,1-2H3;1H. The first-order valence-electron chi connectivity index (χ1n) is 5.39. The number of nitrogens with zero attached hydrogens (tertiary/aromatic N) is 1. The fourth-order valence-corrected chi connectivity index (χ4v) is 1.25. The van der Waals surface area contributed by atoms with Crippen molar-refractivity contribution >= 4 is 18.3 Å². The van der Waals surface area contributed by atoms with Gasteiger partial charge in [-0.05, 0) is 13.5 Å². The van der Waals surface area contributed by atoms with E-state index >= 15 is 0 Å². The maximum absolute atomic E-state index is 12.2. The maximum atomic E-state index is 12.2. The maximum Gasteiger partial charge on any atom is 0.406 e. The Kier molecular flexibility index (Phi) is 10.6. The second kappa shape index (κ2) is 9.53. The SMILES string of the molecule is CCCCN(CC(F)(F)F)C(=O)CCNC.Cl. The Balaban J connectivity index is 0. The van der Waals surface area contributed by atoms with Crippen molar-refractivity contribution < 1.29 is 18.0 Å². The number of carbonyl (C=O) groups excluding carboxylic acids is 1. The zero-order valence-corrected chi connectivity index (χ0v) is 11.0. The van der Waals surface area contributed by atoms with Gasteiger partial charge in [-0.2, -0.15) is 13.2 Å². The molecule has 0 rings (SSSR count). The van der Waals surface area contributed by atoms with E-state index in [2.05, 4.69) is 5.32 Å². The molecule has 0 bridgehead atoms. The molecule has 0 atom stereocenters. The molecule has 0 aliphatic heterocycles. The highest BCUT2D eigenvalue weighted by Gasteiger charge is 2.32. The Labute approximate surface area is 106 Å². The zero-order valence-electron chi connectivity index (χ0n) is 10.1. The molecule has 17 heavy (non-hydrogen) atoms. The third-order valence-corrected chi connectivity index (χ3v) is 2.09. The first-order valence-corrected chi connectivity index (χ1v) is 5.39. The smallest absolute Gasteiger partial charge is 0.334 e. The van der Waals surface area contributed by atoms with Crippen molar-refractivity contribution in [2.75, 3.05) is 26.7 Å². The highest BCUT2D eigenvalue weighted by Crippen LogP contribution is 2.17. The molecule has 0 aromatic rings. The number of alkyl halides is 3. The monoisotopic (exact) mass is 276 g/mol. The van der Waals surface area contributed by atoms with E-state index in [0.29, 0.717) is 13.0 Å². The Morgan fingerprint density at radius 1 is 1.35 bits per heavy atom. The Morgan fingerprint density at radius 2 is 1.94 bits per heavy atom. The van der Waals surface area contributed by atoms with Crippen LogP contribution < -0.4 is 5.32 Å². The van der Waals surface area contributed by atoms with Crippen LogP contribution in [0.15, 0.2) is 0 Å². The molecule has 0 saturated carbocycles. The molecular formula is C10H20ClF3N2O. The van der Waals surface area contributed by atoms with Gasteiger partial charge >= 0.3 is 6.18 Å². The average Bonchev–Trinajstić information content (AvgIpc) is 2.19. The number of halogens is 4. The van der Waals surface area contributed by atoms with Gasteiger partial charge < -0.3 is 10.2 Å². The Morgan fingerprint density at radius 3 is 2.35 bits per heavy atom. The topological polar surface area (TPSA) is 32.3 Å². The molecule has 1 amide bonds. The van der Waals surface area contributed by atoms with E-state index in [9.17, 15) is 18.0 Å². The van der Waals surface area contributed by atoms with Crippen molar-refractivity contribution in [1.29, 1.82) is 0 Å². The van der Waals surface area contributed by atoms with Crippen molar-refractivity contribution in [2.45, 2.75) is 32.4 Å². The van der Waals surface area contributed by atoms with Gasteiger partial charge in [0.1, 0.15) is 6.54 Å². The summed E-state index contributed by atoms with van der Waals surface area (Å²) >= 11 is 0. The lowest BCUT2D eigenvalue weighted by Gasteiger charge is -2.23. The summed E-state index contributed by atoms with van der Waals surface area (Å²) in [6, 6.07) is 0. The molecule has 1 N–H and O–H groups in total. The van der Waals surface area contributed by atoms with Gasteiger partial charge in [-0.15, -0.1) is 12.4 Å². The molecule has 3 nitrogen and oxygen atoms in total. The third-order valence-electron chi connectivity index (χ3n) is 2.09. The first kappa shape index (κ1) is 18.9. The van der Waals surface area contributed by atoms with Crippen molar-refractivity contribution in [3.63, 3.8) is 0 Å². The van der Waals surface area contributed by atoms with Gasteiger partial charge in [-0.25, -0.2) is 0 Å². The molecule has 0 fully saturated rings. The van der Waals surface area contributed by atoms with Crippen molar-refractivity contribution in [1.82, 2.24) is 10.2 Å². The number of amides is 1. The van der Waals surface area contributed by atoms with Crippen molar-refractivity contribution in [2.24, 2.45) is 0 Å². The van der Waals surface area contributed by atoms with E-state index < -0.39 is 18.6 Å². The Hall–Kier alpha value is -0.490. The van der Waals surface area contributed by atoms with Gasteiger partial charge in [0, 0.05) is 19.5 Å². The van der Waals surface area contributed by atoms with Crippen LogP contribution in [0.5, 0.6) is 0 Å². The lowest BCUT2D eigenvalue weighted by molar-refractivity contribution is -0.161. The van der Waals surface area contributed by atoms with Gasteiger partial charge in [0.2, 0.25) is 5.91 Å². The van der Waals surface area contributed by atoms with Gasteiger partial charge in [-0.1, -0.05) is 13.3 Å². The lowest BCUT2D eigenvalue weighted by Crippen LogP contribution is -2.40. The lowest BCUT2D eigenvalue weighted by atomic mass is 10.2. The van der Waals surface area contributed by atoms with Crippen LogP contribution in [0, 0.1) is 0 Å². The normalized spacial score (nSPS) is 10.9. The van der Waals surface area contributed by atoms with E-state index in [1.54, 1.807) is 7.05 Å². The predicted octanol–water partition coefficient (Wildman–Crippen LogP) is 2.21. The number of rotatable bonds is 7. The molecule has 0 radical (unpaired) electrons. The fourth-order valence-electron chi connectivity index (χ4n) is 1.25. The summed E-state index contributed by atoms with van der Waals surface area (Å²) in [5.41, 5.74) is 0. The van der Waals surface area contributed by atoms with Gasteiger partial charge in [0.15, 0.2) is 0 Å². The number of hydrogen-bond donors (Lipinski definition) is 1. The van der Waals surface area contributed by atoms with Crippen LogP contribution in [-0.2, 0) is 4.79 Å². The van der Waals surface area contributed by atoms with Crippen LogP contribution >= 0.6 is 12.4 Å². The Bertz CT molecular complexity index is 212. The van der Waals surface area contributed by atoms with Crippen LogP contribution in [0.4, 0.5) is 13.2 Å². The highest BCUT2D eigenvalue weighted by molar-refractivity contribution is 5.85. The first-order chi connectivity index (χ1) is 7.40. The molecular weight excluding hydrogens is 257 g/mol. The van der Waals surface area contributed by atoms with Crippen LogP contribution in [0.25, 0.3) is 0 Å². The number of carbonyl (C=O) groups is 1. The largest absolute Gasteiger partial charge is 0.406 e. The van der Waals surface area contributed by atoms with Crippen LogP contribution in [0.1, 0.15) is 26.2 Å². The number of nitrogens with one attached hydrogen (secondary N) is 1. The average molecular weight is 277 g/mol. The summed E-state index contributed by atoms with van der Waals surface area (Å²) in [5, 5.41) is 2.74. The molecule has 0 spiro atoms. The number of unbranched alkanes of at least 4 members (excludes halogenated alkanes) is 1. The van der Waals surface area contributed by atoms with E-state index in [0.717, 1.165) is 11.3 Å². The minimum absolute atomic E-state index is 0. The molecule has 0 aliphatic carbocycles. The highest BCUT2D eigenvalue weighted by atomic mass is 35.5. The zero-order chi connectivity index (χ0) is 12.6. The summed E-state index contributed by atoms with van der Waals surface area (Å²) in [4.78, 5) is 12.4. The van der Waals surface area contributed by atoms with Crippen LogP contribution in [-0.4, -0.2) is 43.7 Å². The molecule has 0 aromatic heterocycles. The fraction of sp³-hybridized carbons (Fsp3) is 0.900. The predicted molar refractivity (Wildman–Crippen MR) is 63.3 cm³/mol. The van der Waals surface area contributed by atoms with E-state index in [1.807, 2.05) is 6.92 Å². The molecule has 0 heterocycles. The minimum atomic E-state index is -4.32. The van der Waals surface area contributed by atoms with E-state index in [4.69, 9.17) is 0 Å². The molecule has 7 heteroatoms. The van der Waals surface area contributed by atoms with Gasteiger partial charge in [-0.3, -0.25) is 4.79 Å². The van der Waals surface area contributed by atoms with Gasteiger partial charge in [0.05, 0.1) is 0 Å². The summed E-state index contributed by atoms with van der Waals surface area (Å²) in [6.45, 7) is 1.32. The molecule has 0 aromatic carbocycles. The second-order valence-electron chi connectivity index (χ2n) is 3.64. The minimum Gasteiger partial charge on any atom is -0.334 e. The summed E-state index contributed by atoms with van der Waals surface area (Å²) in [7, 11) is 1.66. The van der Waals surface area contributed by atoms with Gasteiger partial charge in [0.25, 0.3) is 0 Å². The number of hydrogen-bond acceptors (Lipinski definition) is 2. The van der Waals surface area contributed by atoms with E-state index in [1.165, 1.54) is 0 Å². The molecule has 0 aliphatic rings. The quantitative estimate of drug-likeness (QED) is 0.773. The van der Waals surface area contributed by atoms with Crippen LogP contribution in [0.3, 0.4) is 0 Å². The molecule has 0 unspecified atom stereocenters.